The number of hydrogen-bond donors (Lipinski definition) is 0. The summed E-state index contributed by atoms with van der Waals surface area (Å²) in [6.45, 7) is 0. The molecule has 0 amide bonds. The van der Waals surface area contributed by atoms with Crippen LogP contribution in [-0.4, -0.2) is 11.8 Å². The third kappa shape index (κ3) is 1.47. The predicted molar refractivity (Wildman–Crippen MR) is 43.6 cm³/mol. The van der Waals surface area contributed by atoms with Crippen molar-refractivity contribution in [3.05, 3.63) is 0 Å². The highest BCUT2D eigenvalue weighted by Gasteiger charge is 2.38. The molecule has 2 fully saturated rings. The Morgan fingerprint density at radius 3 is 2.23 bits per heavy atom. The van der Waals surface area contributed by atoms with E-state index < -0.39 is 5.97 Å². The van der Waals surface area contributed by atoms with Gasteiger partial charge in [-0.1, -0.05) is 6.42 Å². The van der Waals surface area contributed by atoms with Crippen molar-refractivity contribution in [2.45, 2.75) is 32.1 Å². The molecule has 0 aromatic rings. The fraction of sp³-hybridized carbons (Fsp3) is 0.800. The summed E-state index contributed by atoms with van der Waals surface area (Å²) in [5.74, 6) is -0.980. The van der Waals surface area contributed by atoms with Crippen LogP contribution in [0.2, 0.25) is 0 Å². The molecule has 13 heavy (non-hydrogen) atoms. The number of rotatable bonds is 1. The fourth-order valence-electron chi connectivity index (χ4n) is 2.67. The third-order valence-electron chi connectivity index (χ3n) is 3.38. The molecule has 2 saturated carbocycles. The third-order valence-corrected chi connectivity index (χ3v) is 3.38. The monoisotopic (exact) mass is 181 g/mol. The molecule has 0 aliphatic heterocycles. The lowest BCUT2D eigenvalue weighted by atomic mass is 9.67. The van der Waals surface area contributed by atoms with E-state index in [0.717, 1.165) is 19.3 Å². The molecule has 2 aliphatic rings. The lowest BCUT2D eigenvalue weighted by Crippen LogP contribution is -2.43. The van der Waals surface area contributed by atoms with Gasteiger partial charge in [-0.05, 0) is 31.6 Å². The summed E-state index contributed by atoms with van der Waals surface area (Å²) in [7, 11) is 0. The van der Waals surface area contributed by atoms with Crippen LogP contribution >= 0.6 is 0 Å². The van der Waals surface area contributed by atoms with Gasteiger partial charge in [-0.2, -0.15) is 0 Å². The lowest BCUT2D eigenvalue weighted by Gasteiger charge is -2.37. The first-order valence-corrected chi connectivity index (χ1v) is 4.93. The van der Waals surface area contributed by atoms with E-state index in [4.69, 9.17) is 0 Å². The molecular formula is C10H13O3-. The van der Waals surface area contributed by atoms with Gasteiger partial charge in [0.25, 0.3) is 0 Å². The second-order valence-corrected chi connectivity index (χ2v) is 4.21. The van der Waals surface area contributed by atoms with Crippen molar-refractivity contribution in [2.75, 3.05) is 0 Å². The summed E-state index contributed by atoms with van der Waals surface area (Å²) < 4.78 is 0. The first kappa shape index (κ1) is 8.73. The Morgan fingerprint density at radius 2 is 1.77 bits per heavy atom. The second kappa shape index (κ2) is 3.13. The highest BCUT2D eigenvalue weighted by Crippen LogP contribution is 2.39. The number of fused-ring (bicyclic) bond motifs is 2. The molecule has 0 heterocycles. The molecule has 2 bridgehead atoms. The summed E-state index contributed by atoms with van der Waals surface area (Å²) in [6.07, 6.45) is 3.91. The molecule has 0 N–H and O–H groups in total. The molecule has 0 aromatic heterocycles. The van der Waals surface area contributed by atoms with Crippen LogP contribution in [0.1, 0.15) is 32.1 Å². The molecule has 0 radical (unpaired) electrons. The van der Waals surface area contributed by atoms with Gasteiger partial charge in [-0.25, -0.2) is 0 Å². The first-order valence-electron chi connectivity index (χ1n) is 4.93. The van der Waals surface area contributed by atoms with E-state index in [2.05, 4.69) is 0 Å². The Hall–Kier alpha value is -0.860. The van der Waals surface area contributed by atoms with E-state index in [9.17, 15) is 14.7 Å². The van der Waals surface area contributed by atoms with Crippen molar-refractivity contribution >= 4 is 11.8 Å². The summed E-state index contributed by atoms with van der Waals surface area (Å²) >= 11 is 0. The van der Waals surface area contributed by atoms with Crippen molar-refractivity contribution < 1.29 is 14.7 Å². The average molecular weight is 181 g/mol. The molecule has 1 unspecified atom stereocenters. The number of carbonyl (C=O) groups is 2. The van der Waals surface area contributed by atoms with E-state index in [1.807, 2.05) is 0 Å². The van der Waals surface area contributed by atoms with Crippen molar-refractivity contribution in [3.63, 3.8) is 0 Å². The van der Waals surface area contributed by atoms with E-state index in [1.54, 1.807) is 0 Å². The highest BCUT2D eigenvalue weighted by atomic mass is 16.4. The number of carbonyl (C=O) groups excluding carboxylic acids is 2. The van der Waals surface area contributed by atoms with Crippen LogP contribution in [0.4, 0.5) is 0 Å². The standard InChI is InChI=1S/C10H14O3/c11-9-6-2-1-3-7(9)5-8(4-6)10(12)13/h6-8H,1-5H2,(H,12,13)/p-1/t6-,7+,8?. The molecule has 72 valence electrons. The average Bonchev–Trinajstić information content (AvgIpc) is 2.02. The zero-order chi connectivity index (χ0) is 9.42. The summed E-state index contributed by atoms with van der Waals surface area (Å²) in [5.41, 5.74) is 0. The maximum Gasteiger partial charge on any atom is 0.139 e. The molecule has 0 saturated heterocycles. The molecule has 3 heteroatoms. The minimum absolute atomic E-state index is 0.0235. The zero-order valence-electron chi connectivity index (χ0n) is 7.49. The zero-order valence-corrected chi connectivity index (χ0v) is 7.49. The number of hydrogen-bond acceptors (Lipinski definition) is 3. The van der Waals surface area contributed by atoms with Gasteiger partial charge < -0.3 is 9.90 Å². The van der Waals surface area contributed by atoms with Crippen LogP contribution in [0, 0.1) is 17.8 Å². The van der Waals surface area contributed by atoms with Crippen molar-refractivity contribution in [1.29, 1.82) is 0 Å². The van der Waals surface area contributed by atoms with Gasteiger partial charge in [-0.3, -0.25) is 4.79 Å². The molecule has 2 aliphatic carbocycles. The van der Waals surface area contributed by atoms with E-state index >= 15 is 0 Å². The van der Waals surface area contributed by atoms with Crippen LogP contribution in [-0.2, 0) is 9.59 Å². The van der Waals surface area contributed by atoms with Gasteiger partial charge in [0.05, 0.1) is 0 Å². The lowest BCUT2D eigenvalue weighted by molar-refractivity contribution is -0.313. The normalized spacial score (nSPS) is 38.8. The van der Waals surface area contributed by atoms with Gasteiger partial charge in [0.15, 0.2) is 0 Å². The Bertz CT molecular complexity index is 231. The Labute approximate surface area is 77.1 Å². The van der Waals surface area contributed by atoms with E-state index in [0.29, 0.717) is 18.6 Å². The first-order chi connectivity index (χ1) is 6.18. The van der Waals surface area contributed by atoms with Crippen molar-refractivity contribution in [3.8, 4) is 0 Å². The molecule has 2 rings (SSSR count). The number of Topliss-reactive ketones (excluding diaryl/α,β-unsaturated/α-hetero) is 1. The van der Waals surface area contributed by atoms with Gasteiger partial charge in [-0.15, -0.1) is 0 Å². The molecular weight excluding hydrogens is 168 g/mol. The number of carboxylic acid groups (broad SMARTS) is 1. The van der Waals surface area contributed by atoms with Crippen LogP contribution in [0.3, 0.4) is 0 Å². The summed E-state index contributed by atoms with van der Waals surface area (Å²) in [5, 5.41) is 10.7. The Morgan fingerprint density at radius 1 is 1.23 bits per heavy atom. The summed E-state index contributed by atoms with van der Waals surface area (Å²) in [6, 6.07) is 0. The van der Waals surface area contributed by atoms with Crippen molar-refractivity contribution in [1.82, 2.24) is 0 Å². The number of carboxylic acids is 1. The van der Waals surface area contributed by atoms with E-state index in [-0.39, 0.29) is 17.8 Å². The Kier molecular flexibility index (Phi) is 2.10. The molecule has 0 aromatic carbocycles. The van der Waals surface area contributed by atoms with Crippen LogP contribution in [0.25, 0.3) is 0 Å². The summed E-state index contributed by atoms with van der Waals surface area (Å²) in [4.78, 5) is 22.2. The SMILES string of the molecule is O=C([O-])C1C[C@H]2CCC[C@@H](C1)C2=O. The smallest absolute Gasteiger partial charge is 0.139 e. The molecule has 3 atom stereocenters. The van der Waals surface area contributed by atoms with Gasteiger partial charge in [0, 0.05) is 17.8 Å². The van der Waals surface area contributed by atoms with Crippen molar-refractivity contribution in [2.24, 2.45) is 17.8 Å². The van der Waals surface area contributed by atoms with Crippen LogP contribution in [0.5, 0.6) is 0 Å². The largest absolute Gasteiger partial charge is 0.550 e. The molecule has 3 nitrogen and oxygen atoms in total. The predicted octanol–water partition coefficient (Wildman–Crippen LogP) is 0.132. The van der Waals surface area contributed by atoms with Gasteiger partial charge >= 0.3 is 0 Å². The quantitative estimate of drug-likeness (QED) is 0.577. The van der Waals surface area contributed by atoms with Gasteiger partial charge in [0.1, 0.15) is 5.78 Å². The van der Waals surface area contributed by atoms with Gasteiger partial charge in [0.2, 0.25) is 0 Å². The molecule has 0 spiro atoms. The Balaban J connectivity index is 2.11. The van der Waals surface area contributed by atoms with E-state index in [1.165, 1.54) is 0 Å². The topological polar surface area (TPSA) is 57.2 Å². The maximum atomic E-state index is 11.6. The number of aliphatic carboxylic acids is 1. The fourth-order valence-corrected chi connectivity index (χ4v) is 2.67. The van der Waals surface area contributed by atoms with Crippen LogP contribution < -0.4 is 5.11 Å². The minimum atomic E-state index is -0.968. The maximum absolute atomic E-state index is 11.6. The second-order valence-electron chi connectivity index (χ2n) is 4.21. The van der Waals surface area contributed by atoms with Crippen LogP contribution in [0.15, 0.2) is 0 Å². The highest BCUT2D eigenvalue weighted by molar-refractivity contribution is 5.86. The minimum Gasteiger partial charge on any atom is -0.550 e. The number of ketones is 1.